The Morgan fingerprint density at radius 2 is 1.94 bits per heavy atom. The molecule has 3 amide bonds. The van der Waals surface area contributed by atoms with E-state index in [0.717, 1.165) is 6.42 Å². The summed E-state index contributed by atoms with van der Waals surface area (Å²) in [6, 6.07) is -0.152. The zero-order chi connectivity index (χ0) is 11.9. The van der Waals surface area contributed by atoms with Crippen molar-refractivity contribution in [1.29, 1.82) is 0 Å². The summed E-state index contributed by atoms with van der Waals surface area (Å²) in [7, 11) is 3.46. The molecular formula is C12H13ClN2O2. The highest BCUT2D eigenvalue weighted by Crippen LogP contribution is 2.96. The predicted octanol–water partition coefficient (Wildman–Crippen LogP) is 0.752. The molecule has 6 aliphatic rings. The number of carbonyl (C=O) groups excluding carboxylic acids is 2. The number of hydrogen-bond acceptors (Lipinski definition) is 2. The van der Waals surface area contributed by atoms with E-state index < -0.39 is 0 Å². The van der Waals surface area contributed by atoms with Gasteiger partial charge in [-0.05, 0) is 24.2 Å². The van der Waals surface area contributed by atoms with E-state index in [0.29, 0.717) is 23.7 Å². The molecule has 6 fully saturated rings. The molecule has 0 aromatic heterocycles. The van der Waals surface area contributed by atoms with Gasteiger partial charge in [-0.1, -0.05) is 0 Å². The molecule has 1 aliphatic heterocycles. The molecule has 6 rings (SSSR count). The Balaban J connectivity index is 1.77. The first-order valence-corrected chi connectivity index (χ1v) is 6.65. The summed E-state index contributed by atoms with van der Waals surface area (Å²) in [5.74, 6) is 1.87. The molecule has 4 nitrogen and oxygen atoms in total. The van der Waals surface area contributed by atoms with Gasteiger partial charge in [0.05, 0.1) is 11.0 Å². The van der Waals surface area contributed by atoms with Crippen LogP contribution in [0.2, 0.25) is 0 Å². The molecule has 5 saturated carbocycles. The van der Waals surface area contributed by atoms with Crippen LogP contribution in [-0.2, 0) is 4.79 Å². The van der Waals surface area contributed by atoms with Crippen LogP contribution >= 0.6 is 11.6 Å². The molecule has 2 spiro atoms. The van der Waals surface area contributed by atoms with Crippen LogP contribution in [0.1, 0.15) is 6.42 Å². The number of imide groups is 1. The molecule has 0 radical (unpaired) electrons. The van der Waals surface area contributed by atoms with Crippen molar-refractivity contribution >= 4 is 23.5 Å². The molecule has 1 saturated heterocycles. The molecule has 90 valence electrons. The standard InChI is InChI=1S/C12H13ClN2O2/c1-14-9(16)12-5-4-3-11(12,15(2)10(14)17)7(6(5)12)8(4)13/h4-8H,3H2,1-2H3/t4-,5+,6?,7?,8-,11?,12?/m0/s1. The fraction of sp³-hybridized carbons (Fsp3) is 0.833. The van der Waals surface area contributed by atoms with E-state index in [-0.39, 0.29) is 28.3 Å². The van der Waals surface area contributed by atoms with Gasteiger partial charge in [-0.25, -0.2) is 4.79 Å². The molecular weight excluding hydrogens is 240 g/mol. The molecule has 0 N–H and O–H groups in total. The van der Waals surface area contributed by atoms with Crippen molar-refractivity contribution in [2.75, 3.05) is 14.1 Å². The zero-order valence-electron chi connectivity index (χ0n) is 9.68. The summed E-state index contributed by atoms with van der Waals surface area (Å²) in [4.78, 5) is 27.7. The van der Waals surface area contributed by atoms with Crippen molar-refractivity contribution in [3.8, 4) is 0 Å². The third-order valence-corrected chi connectivity index (χ3v) is 7.17. The molecule has 5 heteroatoms. The number of hydrogen-bond donors (Lipinski definition) is 0. The molecule has 4 unspecified atom stereocenters. The molecule has 0 aromatic rings. The second-order valence-electron chi connectivity index (χ2n) is 6.39. The number of urea groups is 1. The molecule has 5 aliphatic carbocycles. The zero-order valence-corrected chi connectivity index (χ0v) is 10.4. The summed E-state index contributed by atoms with van der Waals surface area (Å²) in [5, 5.41) is 0.193. The van der Waals surface area contributed by atoms with Crippen molar-refractivity contribution in [1.82, 2.24) is 9.80 Å². The minimum Gasteiger partial charge on any atom is -0.320 e. The Labute approximate surface area is 104 Å². The normalized spacial score (nSPS) is 65.0. The van der Waals surface area contributed by atoms with Crippen LogP contribution in [0.25, 0.3) is 0 Å². The van der Waals surface area contributed by atoms with E-state index in [2.05, 4.69) is 0 Å². The van der Waals surface area contributed by atoms with Gasteiger partial charge in [-0.2, -0.15) is 0 Å². The van der Waals surface area contributed by atoms with Crippen LogP contribution in [0, 0.1) is 29.1 Å². The van der Waals surface area contributed by atoms with Gasteiger partial charge in [-0.15, -0.1) is 11.6 Å². The average molecular weight is 253 g/mol. The Hall–Kier alpha value is -0.770. The lowest BCUT2D eigenvalue weighted by Gasteiger charge is -2.60. The summed E-state index contributed by atoms with van der Waals surface area (Å²) in [6.07, 6.45) is 0.953. The van der Waals surface area contributed by atoms with Crippen LogP contribution in [0.4, 0.5) is 4.79 Å². The van der Waals surface area contributed by atoms with Gasteiger partial charge in [-0.3, -0.25) is 9.69 Å². The summed E-state index contributed by atoms with van der Waals surface area (Å²) in [6.45, 7) is 0. The van der Waals surface area contributed by atoms with E-state index in [9.17, 15) is 9.59 Å². The lowest BCUT2D eigenvalue weighted by atomic mass is 9.57. The van der Waals surface area contributed by atoms with Gasteiger partial charge < -0.3 is 4.90 Å². The third-order valence-electron chi connectivity index (χ3n) is 6.58. The highest BCUT2D eigenvalue weighted by molar-refractivity contribution is 6.23. The molecule has 0 aromatic carbocycles. The first-order chi connectivity index (χ1) is 8.01. The summed E-state index contributed by atoms with van der Waals surface area (Å²) >= 11 is 6.46. The van der Waals surface area contributed by atoms with Gasteiger partial charge in [0.15, 0.2) is 0 Å². The maximum Gasteiger partial charge on any atom is 0.326 e. The molecule has 17 heavy (non-hydrogen) atoms. The lowest BCUT2D eigenvalue weighted by Crippen LogP contribution is -2.76. The number of alkyl halides is 1. The van der Waals surface area contributed by atoms with Crippen molar-refractivity contribution in [3.05, 3.63) is 0 Å². The topological polar surface area (TPSA) is 40.6 Å². The van der Waals surface area contributed by atoms with Crippen molar-refractivity contribution in [3.63, 3.8) is 0 Å². The Morgan fingerprint density at radius 3 is 2.53 bits per heavy atom. The highest BCUT2D eigenvalue weighted by atomic mass is 35.5. The number of amides is 3. The maximum absolute atomic E-state index is 12.5. The summed E-state index contributed by atoms with van der Waals surface area (Å²) in [5.41, 5.74) is -0.425. The van der Waals surface area contributed by atoms with E-state index in [1.807, 2.05) is 11.9 Å². The Morgan fingerprint density at radius 1 is 1.24 bits per heavy atom. The van der Waals surface area contributed by atoms with Gasteiger partial charge >= 0.3 is 6.03 Å². The number of nitrogens with zero attached hydrogens (tertiary/aromatic N) is 2. The Kier molecular flexibility index (Phi) is 1.08. The van der Waals surface area contributed by atoms with Gasteiger partial charge in [0.1, 0.15) is 0 Å². The second kappa shape index (κ2) is 2.00. The van der Waals surface area contributed by atoms with Crippen molar-refractivity contribution in [2.24, 2.45) is 29.1 Å². The minimum absolute atomic E-state index is 0.0675. The summed E-state index contributed by atoms with van der Waals surface area (Å²) < 4.78 is 0. The molecule has 7 atom stereocenters. The monoisotopic (exact) mass is 252 g/mol. The maximum atomic E-state index is 12.5. The van der Waals surface area contributed by atoms with Crippen LogP contribution in [0.5, 0.6) is 0 Å². The SMILES string of the molecule is CN1C(=O)N(C)C23C[C@@H]4[C@H](Cl)C2C2[C@@H]4C23C1=O. The quantitative estimate of drug-likeness (QED) is 0.597. The largest absolute Gasteiger partial charge is 0.326 e. The number of halogens is 1. The minimum atomic E-state index is -0.217. The van der Waals surface area contributed by atoms with Crippen LogP contribution in [0.15, 0.2) is 0 Å². The van der Waals surface area contributed by atoms with E-state index >= 15 is 0 Å². The van der Waals surface area contributed by atoms with Crippen LogP contribution < -0.4 is 0 Å². The fourth-order valence-corrected chi connectivity index (χ4v) is 6.92. The van der Waals surface area contributed by atoms with E-state index in [1.165, 1.54) is 4.90 Å². The van der Waals surface area contributed by atoms with Crippen molar-refractivity contribution < 1.29 is 9.59 Å². The predicted molar refractivity (Wildman–Crippen MR) is 59.3 cm³/mol. The lowest BCUT2D eigenvalue weighted by molar-refractivity contribution is -0.161. The molecule has 3 bridgehead atoms. The van der Waals surface area contributed by atoms with Gasteiger partial charge in [0.25, 0.3) is 0 Å². The van der Waals surface area contributed by atoms with Gasteiger partial charge in [0.2, 0.25) is 5.91 Å². The first kappa shape index (κ1) is 9.20. The fourth-order valence-electron chi connectivity index (χ4n) is 6.30. The first-order valence-electron chi connectivity index (χ1n) is 6.21. The van der Waals surface area contributed by atoms with E-state index in [1.54, 1.807) is 7.05 Å². The molecule has 1 heterocycles. The third kappa shape index (κ3) is 0.497. The Bertz CT molecular complexity index is 523. The highest BCUT2D eigenvalue weighted by Gasteiger charge is 3.03. The number of rotatable bonds is 0. The number of carbonyl (C=O) groups is 2. The average Bonchev–Trinajstić information content (AvgIpc) is 2.53. The van der Waals surface area contributed by atoms with Gasteiger partial charge in [0, 0.05) is 25.4 Å². The van der Waals surface area contributed by atoms with Crippen molar-refractivity contribution in [2.45, 2.75) is 17.3 Å². The van der Waals surface area contributed by atoms with Crippen LogP contribution in [-0.4, -0.2) is 46.7 Å². The van der Waals surface area contributed by atoms with Crippen LogP contribution in [0.3, 0.4) is 0 Å². The second-order valence-corrected chi connectivity index (χ2v) is 6.89. The smallest absolute Gasteiger partial charge is 0.320 e. The van der Waals surface area contributed by atoms with E-state index in [4.69, 9.17) is 11.6 Å².